The van der Waals surface area contributed by atoms with E-state index in [0.29, 0.717) is 17.2 Å². The predicted molar refractivity (Wildman–Crippen MR) is 117 cm³/mol. The number of likely N-dealkylation sites (tertiary alicyclic amines) is 1. The Balaban J connectivity index is 1.33. The van der Waals surface area contributed by atoms with Crippen molar-refractivity contribution in [2.45, 2.75) is 50.5 Å². The zero-order chi connectivity index (χ0) is 20.7. The van der Waals surface area contributed by atoms with Crippen LogP contribution in [0.1, 0.15) is 48.0 Å². The summed E-state index contributed by atoms with van der Waals surface area (Å²) in [5.41, 5.74) is 3.51. The van der Waals surface area contributed by atoms with Crippen LogP contribution in [0.15, 0.2) is 36.4 Å². The topological polar surface area (TPSA) is 50.8 Å². The minimum Gasteiger partial charge on any atom is -0.462 e. The molecule has 0 unspecified atom stereocenters. The Morgan fingerprint density at radius 2 is 1.90 bits per heavy atom. The average Bonchev–Trinajstić information content (AvgIpc) is 2.73. The highest BCUT2D eigenvalue weighted by Crippen LogP contribution is 2.42. The van der Waals surface area contributed by atoms with Gasteiger partial charge in [-0.25, -0.2) is 0 Å². The number of nitrogens with zero attached hydrogens (tertiary/aromatic N) is 1. The molecule has 2 aromatic rings. The Hall–Kier alpha value is -2.08. The first kappa shape index (κ1) is 19.9. The minimum atomic E-state index is -0.521. The van der Waals surface area contributed by atoms with E-state index in [1.54, 1.807) is 7.05 Å². The first-order chi connectivity index (χ1) is 14.6. The van der Waals surface area contributed by atoms with E-state index in [4.69, 9.17) is 21.1 Å². The van der Waals surface area contributed by atoms with Crippen LogP contribution in [0.2, 0.25) is 5.02 Å². The molecule has 1 saturated carbocycles. The second-order valence-electron chi connectivity index (χ2n) is 8.52. The van der Waals surface area contributed by atoms with Crippen LogP contribution in [0.5, 0.6) is 5.75 Å². The van der Waals surface area contributed by atoms with Crippen molar-refractivity contribution >= 4 is 17.5 Å². The summed E-state index contributed by atoms with van der Waals surface area (Å²) in [6, 6.07) is 12.2. The molecule has 1 spiro atoms. The molecule has 0 bridgehead atoms. The van der Waals surface area contributed by atoms with Crippen molar-refractivity contribution in [2.24, 2.45) is 0 Å². The number of rotatable bonds is 3. The standard InChI is InChI=1S/C24H27ClN2O3/c1-26-23(28)17-7-5-16(6-8-17)20-13-18-15-29-24(30-22(18)14-21(20)25)9-11-27(12-10-24)19-3-2-4-19/h5-8,13-14,19H,2-4,9-12,15H2,1H3,(H,26,28). The number of hydrogen-bond donors (Lipinski definition) is 1. The molecule has 5 nitrogen and oxygen atoms in total. The monoisotopic (exact) mass is 426 g/mol. The molecule has 5 rings (SSSR count). The lowest BCUT2D eigenvalue weighted by Gasteiger charge is -2.47. The lowest BCUT2D eigenvalue weighted by Crippen LogP contribution is -2.54. The molecule has 3 aliphatic rings. The quantitative estimate of drug-likeness (QED) is 0.778. The maximum Gasteiger partial charge on any atom is 0.251 e. The van der Waals surface area contributed by atoms with E-state index in [1.165, 1.54) is 19.3 Å². The molecule has 0 atom stereocenters. The van der Waals surface area contributed by atoms with Gasteiger partial charge in [-0.1, -0.05) is 30.2 Å². The van der Waals surface area contributed by atoms with Crippen molar-refractivity contribution in [2.75, 3.05) is 20.1 Å². The lowest BCUT2D eigenvalue weighted by molar-refractivity contribution is -0.231. The van der Waals surface area contributed by atoms with Crippen molar-refractivity contribution in [3.05, 3.63) is 52.5 Å². The fraction of sp³-hybridized carbons (Fsp3) is 0.458. The molecule has 2 aliphatic heterocycles. The first-order valence-electron chi connectivity index (χ1n) is 10.8. The Bertz CT molecular complexity index is 948. The molecule has 158 valence electrons. The second-order valence-corrected chi connectivity index (χ2v) is 8.93. The van der Waals surface area contributed by atoms with Gasteiger partial charge in [0.15, 0.2) is 0 Å². The molecule has 1 amide bonds. The zero-order valence-electron chi connectivity index (χ0n) is 17.2. The molecule has 2 aromatic carbocycles. The molecule has 30 heavy (non-hydrogen) atoms. The van der Waals surface area contributed by atoms with Crippen molar-refractivity contribution in [1.82, 2.24) is 10.2 Å². The largest absolute Gasteiger partial charge is 0.462 e. The average molecular weight is 427 g/mol. The van der Waals surface area contributed by atoms with Crippen LogP contribution in [0.25, 0.3) is 11.1 Å². The minimum absolute atomic E-state index is 0.103. The van der Waals surface area contributed by atoms with E-state index in [-0.39, 0.29) is 5.91 Å². The Morgan fingerprint density at radius 1 is 1.17 bits per heavy atom. The third-order valence-electron chi connectivity index (χ3n) is 6.77. The highest BCUT2D eigenvalue weighted by molar-refractivity contribution is 6.33. The molecular formula is C24H27ClN2O3. The van der Waals surface area contributed by atoms with Crippen molar-refractivity contribution in [1.29, 1.82) is 0 Å². The normalized spacial score (nSPS) is 20.9. The number of halogens is 1. The van der Waals surface area contributed by atoms with E-state index in [2.05, 4.69) is 10.2 Å². The number of amides is 1. The number of ether oxygens (including phenoxy) is 2. The highest BCUT2D eigenvalue weighted by Gasteiger charge is 2.43. The summed E-state index contributed by atoms with van der Waals surface area (Å²) in [5, 5.41) is 3.28. The third-order valence-corrected chi connectivity index (χ3v) is 7.09. The maximum absolute atomic E-state index is 11.8. The summed E-state index contributed by atoms with van der Waals surface area (Å²) in [5.74, 6) is 0.204. The zero-order valence-corrected chi connectivity index (χ0v) is 18.0. The molecule has 0 aromatic heterocycles. The molecule has 1 aliphatic carbocycles. The van der Waals surface area contributed by atoms with E-state index >= 15 is 0 Å². The summed E-state index contributed by atoms with van der Waals surface area (Å²) >= 11 is 6.64. The van der Waals surface area contributed by atoms with Crippen LogP contribution in [0.4, 0.5) is 0 Å². The summed E-state index contributed by atoms with van der Waals surface area (Å²) in [6.45, 7) is 2.59. The summed E-state index contributed by atoms with van der Waals surface area (Å²) in [6.07, 6.45) is 5.81. The molecule has 1 saturated heterocycles. The van der Waals surface area contributed by atoms with Crippen molar-refractivity contribution in [3.63, 3.8) is 0 Å². The molecule has 6 heteroatoms. The first-order valence-corrected chi connectivity index (χ1v) is 11.2. The number of carbonyl (C=O) groups is 1. The smallest absolute Gasteiger partial charge is 0.251 e. The van der Waals surface area contributed by atoms with Crippen LogP contribution in [0, 0.1) is 0 Å². The van der Waals surface area contributed by atoms with Gasteiger partial charge in [0, 0.05) is 55.7 Å². The molecule has 2 fully saturated rings. The van der Waals surface area contributed by atoms with E-state index in [0.717, 1.165) is 54.4 Å². The molecular weight excluding hydrogens is 400 g/mol. The van der Waals surface area contributed by atoms with Crippen LogP contribution in [0.3, 0.4) is 0 Å². The number of hydrogen-bond acceptors (Lipinski definition) is 4. The maximum atomic E-state index is 11.8. The number of fused-ring (bicyclic) bond motifs is 1. The fourth-order valence-corrected chi connectivity index (χ4v) is 4.90. The van der Waals surface area contributed by atoms with Gasteiger partial charge >= 0.3 is 0 Å². The van der Waals surface area contributed by atoms with E-state index in [1.807, 2.05) is 36.4 Å². The third kappa shape index (κ3) is 3.59. The van der Waals surface area contributed by atoms with E-state index in [9.17, 15) is 4.79 Å². The summed E-state index contributed by atoms with van der Waals surface area (Å²) < 4.78 is 12.7. The van der Waals surface area contributed by atoms with Crippen LogP contribution in [-0.2, 0) is 11.3 Å². The van der Waals surface area contributed by atoms with Gasteiger partial charge < -0.3 is 14.8 Å². The van der Waals surface area contributed by atoms with Gasteiger partial charge in [0.05, 0.1) is 11.6 Å². The van der Waals surface area contributed by atoms with Gasteiger partial charge in [-0.05, 0) is 42.7 Å². The number of piperidine rings is 1. The van der Waals surface area contributed by atoms with Gasteiger partial charge in [0.2, 0.25) is 5.79 Å². The summed E-state index contributed by atoms with van der Waals surface area (Å²) in [7, 11) is 1.63. The number of benzene rings is 2. The predicted octanol–water partition coefficient (Wildman–Crippen LogP) is 4.62. The van der Waals surface area contributed by atoms with Gasteiger partial charge in [-0.3, -0.25) is 9.69 Å². The molecule has 2 heterocycles. The SMILES string of the molecule is CNC(=O)c1ccc(-c2cc3c(cc2Cl)OC2(CCN(C4CCC4)CC2)OC3)cc1. The van der Waals surface area contributed by atoms with Gasteiger partial charge in [-0.2, -0.15) is 0 Å². The lowest BCUT2D eigenvalue weighted by atomic mass is 9.89. The Kier molecular flexibility index (Phi) is 5.21. The van der Waals surface area contributed by atoms with Crippen LogP contribution >= 0.6 is 11.6 Å². The van der Waals surface area contributed by atoms with Crippen LogP contribution < -0.4 is 10.1 Å². The van der Waals surface area contributed by atoms with Gasteiger partial charge in [0.1, 0.15) is 5.75 Å². The highest BCUT2D eigenvalue weighted by atomic mass is 35.5. The Morgan fingerprint density at radius 3 is 2.53 bits per heavy atom. The Labute approximate surface area is 182 Å². The molecule has 0 radical (unpaired) electrons. The van der Waals surface area contributed by atoms with Crippen molar-refractivity contribution in [3.8, 4) is 16.9 Å². The van der Waals surface area contributed by atoms with Gasteiger partial charge in [-0.15, -0.1) is 0 Å². The van der Waals surface area contributed by atoms with Gasteiger partial charge in [0.25, 0.3) is 5.91 Å². The fourth-order valence-electron chi connectivity index (χ4n) is 4.64. The summed E-state index contributed by atoms with van der Waals surface area (Å²) in [4.78, 5) is 14.4. The number of nitrogens with one attached hydrogen (secondary N) is 1. The van der Waals surface area contributed by atoms with Crippen molar-refractivity contribution < 1.29 is 14.3 Å². The second kappa shape index (κ2) is 7.88. The van der Waals surface area contributed by atoms with Crippen LogP contribution in [-0.4, -0.2) is 42.8 Å². The number of carbonyl (C=O) groups excluding carboxylic acids is 1. The van der Waals surface area contributed by atoms with E-state index < -0.39 is 5.79 Å². The molecule has 1 N–H and O–H groups in total.